The molecule has 46 heavy (non-hydrogen) atoms. The van der Waals surface area contributed by atoms with E-state index in [1.807, 2.05) is 46.8 Å². The number of aliphatic hydroxyl groups excluding tert-OH is 1. The molecular formula is C39H44IrN3O2S-. The molecule has 0 bridgehead atoms. The Kier molecular flexibility index (Phi) is 12.8. The van der Waals surface area contributed by atoms with Crippen LogP contribution in [0.1, 0.15) is 85.3 Å². The van der Waals surface area contributed by atoms with E-state index < -0.39 is 0 Å². The minimum atomic E-state index is -0.00309. The SMILES string of the molecule is CCC(CC)C(=O)/C=C(\O)C(CC)CC.[C-]#[N+]c1ccc2c(sc3c(-c4[c-]c5ccccc5c(C(C)(C)C)c4)ncnc32)c1C.[Ir]. The molecule has 2 aromatic heterocycles. The van der Waals surface area contributed by atoms with Crippen molar-refractivity contribution in [3.8, 4) is 11.3 Å². The number of hydrogen-bond acceptors (Lipinski definition) is 5. The molecule has 243 valence electrons. The number of carbonyl (C=O) groups excluding carboxylic acids is 1. The fraction of sp³-hybridized carbons (Fsp3) is 0.385. The summed E-state index contributed by atoms with van der Waals surface area (Å²) in [4.78, 5) is 24.6. The molecule has 0 aliphatic rings. The van der Waals surface area contributed by atoms with Crippen LogP contribution in [0.4, 0.5) is 5.69 Å². The second-order valence-corrected chi connectivity index (χ2v) is 13.6. The maximum Gasteiger partial charge on any atom is 0.191 e. The van der Waals surface area contributed by atoms with Gasteiger partial charge in [-0.15, -0.1) is 40.5 Å². The molecule has 0 atom stereocenters. The van der Waals surface area contributed by atoms with Gasteiger partial charge in [0.05, 0.1) is 17.8 Å². The van der Waals surface area contributed by atoms with E-state index in [4.69, 9.17) is 6.57 Å². The Labute approximate surface area is 291 Å². The summed E-state index contributed by atoms with van der Waals surface area (Å²) >= 11 is 1.67. The van der Waals surface area contributed by atoms with Crippen molar-refractivity contribution in [3.05, 3.63) is 89.2 Å². The first kappa shape index (κ1) is 37.0. The smallest absolute Gasteiger partial charge is 0.191 e. The number of aryl methyl sites for hydroxylation is 1. The maximum absolute atomic E-state index is 11.7. The van der Waals surface area contributed by atoms with Crippen molar-refractivity contribution in [2.75, 3.05) is 0 Å². The van der Waals surface area contributed by atoms with Gasteiger partial charge in [0.2, 0.25) is 0 Å². The maximum atomic E-state index is 11.7. The van der Waals surface area contributed by atoms with Crippen LogP contribution in [-0.4, -0.2) is 20.9 Å². The van der Waals surface area contributed by atoms with Crippen molar-refractivity contribution in [1.29, 1.82) is 0 Å². The van der Waals surface area contributed by atoms with E-state index in [0.29, 0.717) is 5.69 Å². The second kappa shape index (κ2) is 15.9. The molecule has 2 heterocycles. The number of hydrogen-bond donors (Lipinski definition) is 1. The Morgan fingerprint density at radius 1 is 0.978 bits per heavy atom. The molecule has 1 radical (unpaired) electrons. The first-order valence-electron chi connectivity index (χ1n) is 15.9. The van der Waals surface area contributed by atoms with Gasteiger partial charge in [-0.05, 0) is 43.6 Å². The van der Waals surface area contributed by atoms with E-state index in [2.05, 4.69) is 72.0 Å². The molecule has 1 N–H and O–H groups in total. The number of thiophene rings is 1. The summed E-state index contributed by atoms with van der Waals surface area (Å²) in [5.74, 6) is 0.547. The fourth-order valence-electron chi connectivity index (χ4n) is 5.83. The topological polar surface area (TPSA) is 67.4 Å². The third kappa shape index (κ3) is 7.74. The predicted molar refractivity (Wildman–Crippen MR) is 190 cm³/mol. The predicted octanol–water partition coefficient (Wildman–Crippen LogP) is 11.5. The number of rotatable bonds is 8. The zero-order chi connectivity index (χ0) is 32.9. The summed E-state index contributed by atoms with van der Waals surface area (Å²) in [5, 5.41) is 13.2. The quantitative estimate of drug-likeness (QED) is 0.0963. The van der Waals surface area contributed by atoms with Gasteiger partial charge in [-0.2, -0.15) is 0 Å². The summed E-state index contributed by atoms with van der Waals surface area (Å²) < 4.78 is 2.15. The van der Waals surface area contributed by atoms with Crippen molar-refractivity contribution in [2.24, 2.45) is 11.8 Å². The molecule has 5 aromatic rings. The molecule has 7 heteroatoms. The molecule has 0 unspecified atom stereocenters. The van der Waals surface area contributed by atoms with Crippen LogP contribution in [0.15, 0.2) is 60.6 Å². The van der Waals surface area contributed by atoms with E-state index >= 15 is 0 Å². The number of carbonyl (C=O) groups is 1. The number of aliphatic hydroxyl groups is 1. The fourth-order valence-corrected chi connectivity index (χ4v) is 7.09. The Morgan fingerprint density at radius 2 is 1.63 bits per heavy atom. The van der Waals surface area contributed by atoms with Gasteiger partial charge in [0, 0.05) is 58.5 Å². The molecule has 0 fully saturated rings. The second-order valence-electron chi connectivity index (χ2n) is 12.6. The standard InChI is InChI=1S/C26H20N3S.C13H24O2.Ir/c1-15-21(27-5)11-10-19-23-25(30-24(15)19)22(28-14-29-23)17-12-16-8-6-7-9-18(16)20(13-17)26(2,3)4;1-5-10(6-2)12(14)9-13(15)11(7-3)8-4;/h6-11,13-14H,1-4H3;9-11,14H,5-8H2,1-4H3;/q-1;;/b;12-9-;. The van der Waals surface area contributed by atoms with Gasteiger partial charge in [-0.1, -0.05) is 89.7 Å². The van der Waals surface area contributed by atoms with Gasteiger partial charge < -0.3 is 5.11 Å². The van der Waals surface area contributed by atoms with Crippen LogP contribution in [0.3, 0.4) is 0 Å². The van der Waals surface area contributed by atoms with Crippen LogP contribution in [0.5, 0.6) is 0 Å². The zero-order valence-electron chi connectivity index (χ0n) is 28.1. The van der Waals surface area contributed by atoms with Crippen LogP contribution in [0, 0.1) is 31.4 Å². The number of allylic oxidation sites excluding steroid dienone is 2. The Hall–Kier alpha value is -3.43. The Bertz CT molecular complexity index is 1900. The van der Waals surface area contributed by atoms with Gasteiger partial charge in [-0.3, -0.25) is 9.78 Å². The summed E-state index contributed by atoms with van der Waals surface area (Å²) in [6, 6.07) is 18.1. The third-order valence-corrected chi connectivity index (χ3v) is 10.0. The third-order valence-electron chi connectivity index (χ3n) is 8.68. The van der Waals surface area contributed by atoms with Crippen LogP contribution in [0.2, 0.25) is 0 Å². The summed E-state index contributed by atoms with van der Waals surface area (Å²) in [6.45, 7) is 24.2. The normalized spacial score (nSPS) is 11.9. The average molecular weight is 811 g/mol. The van der Waals surface area contributed by atoms with Crippen molar-refractivity contribution in [2.45, 2.75) is 86.5 Å². The van der Waals surface area contributed by atoms with Crippen molar-refractivity contribution < 1.29 is 30.0 Å². The molecule has 5 nitrogen and oxygen atoms in total. The molecule has 0 saturated heterocycles. The molecular weight excluding hydrogens is 767 g/mol. The largest absolute Gasteiger partial charge is 0.512 e. The van der Waals surface area contributed by atoms with Crippen LogP contribution < -0.4 is 0 Å². The van der Waals surface area contributed by atoms with Gasteiger partial charge in [0.25, 0.3) is 0 Å². The van der Waals surface area contributed by atoms with E-state index in [1.54, 1.807) is 17.7 Å². The van der Waals surface area contributed by atoms with E-state index in [0.717, 1.165) is 68.2 Å². The first-order valence-corrected chi connectivity index (χ1v) is 16.7. The van der Waals surface area contributed by atoms with Crippen molar-refractivity contribution in [1.82, 2.24) is 9.97 Å². The molecule has 0 saturated carbocycles. The van der Waals surface area contributed by atoms with E-state index in [-0.39, 0.29) is 48.9 Å². The molecule has 5 rings (SSSR count). The van der Waals surface area contributed by atoms with Gasteiger partial charge >= 0.3 is 0 Å². The van der Waals surface area contributed by atoms with Crippen LogP contribution in [-0.2, 0) is 30.3 Å². The molecule has 0 aliphatic carbocycles. The van der Waals surface area contributed by atoms with Gasteiger partial charge in [0.15, 0.2) is 11.5 Å². The summed E-state index contributed by atoms with van der Waals surface area (Å²) in [5.41, 5.74) is 5.81. The van der Waals surface area contributed by atoms with Crippen LogP contribution in [0.25, 0.3) is 47.2 Å². The number of fused-ring (bicyclic) bond motifs is 4. The molecule has 3 aromatic carbocycles. The summed E-state index contributed by atoms with van der Waals surface area (Å²) in [7, 11) is 0. The minimum absolute atomic E-state index is 0. The van der Waals surface area contributed by atoms with Gasteiger partial charge in [0.1, 0.15) is 6.33 Å². The van der Waals surface area contributed by atoms with E-state index in [1.165, 1.54) is 17.0 Å². The van der Waals surface area contributed by atoms with Crippen molar-refractivity contribution in [3.63, 3.8) is 0 Å². The molecule has 0 amide bonds. The monoisotopic (exact) mass is 811 g/mol. The van der Waals surface area contributed by atoms with Gasteiger partial charge in [-0.25, -0.2) is 9.83 Å². The number of ketones is 1. The average Bonchev–Trinajstić information content (AvgIpc) is 3.41. The minimum Gasteiger partial charge on any atom is -0.512 e. The van der Waals surface area contributed by atoms with Crippen molar-refractivity contribution >= 4 is 53.9 Å². The Morgan fingerprint density at radius 3 is 2.24 bits per heavy atom. The molecule has 0 spiro atoms. The number of aromatic nitrogens is 2. The number of benzene rings is 3. The zero-order valence-corrected chi connectivity index (χ0v) is 31.3. The van der Waals surface area contributed by atoms with Crippen LogP contribution >= 0.6 is 11.3 Å². The first-order chi connectivity index (χ1) is 21.5. The number of nitrogens with zero attached hydrogens (tertiary/aromatic N) is 3. The molecule has 0 aliphatic heterocycles. The van der Waals surface area contributed by atoms with E-state index in [9.17, 15) is 9.90 Å². The summed E-state index contributed by atoms with van der Waals surface area (Å²) in [6.07, 6.45) is 6.55. The Balaban J connectivity index is 0.000000309.